The molecule has 6 nitrogen and oxygen atoms in total. The average Bonchev–Trinajstić information content (AvgIpc) is 2.40. The minimum Gasteiger partial charge on any atom is -0.448 e. The van der Waals surface area contributed by atoms with E-state index in [4.69, 9.17) is 10.5 Å². The first-order valence-electron chi connectivity index (χ1n) is 6.20. The van der Waals surface area contributed by atoms with Crippen molar-refractivity contribution in [2.24, 2.45) is 0 Å². The van der Waals surface area contributed by atoms with Gasteiger partial charge in [-0.3, -0.25) is 4.79 Å². The molecule has 0 spiro atoms. The summed E-state index contributed by atoms with van der Waals surface area (Å²) < 4.78 is 5.09. The van der Waals surface area contributed by atoms with E-state index in [9.17, 15) is 9.59 Å². The second-order valence-electron chi connectivity index (χ2n) is 4.03. The summed E-state index contributed by atoms with van der Waals surface area (Å²) in [5.74, 6) is -0.846. The molecular weight excluding hydrogens is 246 g/mol. The van der Waals surface area contributed by atoms with Gasteiger partial charge in [-0.25, -0.2) is 9.78 Å². The zero-order chi connectivity index (χ0) is 14.4. The van der Waals surface area contributed by atoms with E-state index in [0.29, 0.717) is 18.8 Å². The van der Waals surface area contributed by atoms with Gasteiger partial charge in [0.1, 0.15) is 5.69 Å². The van der Waals surface area contributed by atoms with Gasteiger partial charge < -0.3 is 15.4 Å². The lowest BCUT2D eigenvalue weighted by atomic mass is 10.3. The number of esters is 1. The largest absolute Gasteiger partial charge is 0.448 e. The third kappa shape index (κ3) is 3.94. The molecule has 0 aliphatic heterocycles. The Kier molecular flexibility index (Phi) is 5.29. The van der Waals surface area contributed by atoms with Crippen molar-refractivity contribution < 1.29 is 14.3 Å². The molecule has 0 aliphatic carbocycles. The highest BCUT2D eigenvalue weighted by atomic mass is 16.5. The maximum absolute atomic E-state index is 11.9. The number of nitrogens with two attached hydrogens (primary N) is 1. The first-order valence-corrected chi connectivity index (χ1v) is 6.20. The summed E-state index contributed by atoms with van der Waals surface area (Å²) in [4.78, 5) is 29.2. The lowest BCUT2D eigenvalue weighted by Gasteiger charge is -2.22. The smallest absolute Gasteiger partial charge is 0.357 e. The molecule has 6 heteroatoms. The quantitative estimate of drug-likeness (QED) is 0.805. The number of likely N-dealkylation sites (N-methyl/N-ethyl adjacent to an activating group) is 1. The van der Waals surface area contributed by atoms with Crippen LogP contribution < -0.4 is 5.73 Å². The van der Waals surface area contributed by atoms with Crippen molar-refractivity contribution in [1.82, 2.24) is 9.88 Å². The molecule has 1 atom stereocenters. The van der Waals surface area contributed by atoms with E-state index in [-0.39, 0.29) is 11.6 Å². The molecule has 0 radical (unpaired) electrons. The SMILES string of the molecule is CCN(CC)C(=O)C(C)OC(=O)c1ccc(N)cn1. The number of anilines is 1. The summed E-state index contributed by atoms with van der Waals surface area (Å²) in [7, 11) is 0. The Hall–Kier alpha value is -2.11. The Morgan fingerprint density at radius 2 is 2.00 bits per heavy atom. The second kappa shape index (κ2) is 6.72. The molecule has 0 fully saturated rings. The molecular formula is C13H19N3O3. The highest BCUT2D eigenvalue weighted by Crippen LogP contribution is 2.06. The van der Waals surface area contributed by atoms with Gasteiger partial charge in [0.2, 0.25) is 0 Å². The van der Waals surface area contributed by atoms with E-state index in [2.05, 4.69) is 4.98 Å². The Balaban J connectivity index is 2.66. The van der Waals surface area contributed by atoms with E-state index in [1.54, 1.807) is 17.9 Å². The molecule has 0 aromatic carbocycles. The number of aromatic nitrogens is 1. The number of rotatable bonds is 5. The fourth-order valence-corrected chi connectivity index (χ4v) is 1.59. The van der Waals surface area contributed by atoms with E-state index in [1.165, 1.54) is 12.3 Å². The van der Waals surface area contributed by atoms with Crippen molar-refractivity contribution in [3.8, 4) is 0 Å². The first-order chi connectivity index (χ1) is 8.99. The van der Waals surface area contributed by atoms with Crippen LogP contribution in [0, 0.1) is 0 Å². The second-order valence-corrected chi connectivity index (χ2v) is 4.03. The highest BCUT2D eigenvalue weighted by Gasteiger charge is 2.22. The van der Waals surface area contributed by atoms with Crippen molar-refractivity contribution in [2.45, 2.75) is 26.9 Å². The molecule has 1 amide bonds. The first kappa shape index (κ1) is 14.9. The third-order valence-electron chi connectivity index (χ3n) is 2.70. The van der Waals surface area contributed by atoms with Gasteiger partial charge in [-0.05, 0) is 32.9 Å². The molecule has 1 rings (SSSR count). The molecule has 1 heterocycles. The minimum atomic E-state index is -0.827. The lowest BCUT2D eigenvalue weighted by Crippen LogP contribution is -2.39. The van der Waals surface area contributed by atoms with Crippen LogP contribution in [0.15, 0.2) is 18.3 Å². The zero-order valence-electron chi connectivity index (χ0n) is 11.4. The molecule has 2 N–H and O–H groups in total. The Morgan fingerprint density at radius 1 is 1.37 bits per heavy atom. The molecule has 1 aromatic rings. The van der Waals surface area contributed by atoms with Gasteiger partial charge in [-0.15, -0.1) is 0 Å². The van der Waals surface area contributed by atoms with Gasteiger partial charge in [-0.2, -0.15) is 0 Å². The van der Waals surface area contributed by atoms with Gasteiger partial charge in [0, 0.05) is 13.1 Å². The van der Waals surface area contributed by atoms with Crippen molar-refractivity contribution >= 4 is 17.6 Å². The number of ether oxygens (including phenoxy) is 1. The van der Waals surface area contributed by atoms with Crippen LogP contribution in [-0.4, -0.2) is 41.0 Å². The number of carbonyl (C=O) groups is 2. The van der Waals surface area contributed by atoms with Gasteiger partial charge in [0.15, 0.2) is 6.10 Å². The van der Waals surface area contributed by atoms with Crippen LogP contribution in [0.4, 0.5) is 5.69 Å². The molecule has 0 bridgehead atoms. The topological polar surface area (TPSA) is 85.5 Å². The number of pyridine rings is 1. The van der Waals surface area contributed by atoms with Crippen molar-refractivity contribution in [3.05, 3.63) is 24.0 Å². The Labute approximate surface area is 112 Å². The fraction of sp³-hybridized carbons (Fsp3) is 0.462. The standard InChI is InChI=1S/C13H19N3O3/c1-4-16(5-2)12(17)9(3)19-13(18)11-7-6-10(14)8-15-11/h6-9H,4-5,14H2,1-3H3. The number of nitrogens with zero attached hydrogens (tertiary/aromatic N) is 2. The number of nitrogen functional groups attached to an aromatic ring is 1. The predicted molar refractivity (Wildman–Crippen MR) is 71.5 cm³/mol. The van der Waals surface area contributed by atoms with E-state index >= 15 is 0 Å². The predicted octanol–water partition coefficient (Wildman–Crippen LogP) is 1.08. The lowest BCUT2D eigenvalue weighted by molar-refractivity contribution is -0.139. The third-order valence-corrected chi connectivity index (χ3v) is 2.70. The molecule has 104 valence electrons. The monoisotopic (exact) mass is 265 g/mol. The zero-order valence-corrected chi connectivity index (χ0v) is 11.4. The fourth-order valence-electron chi connectivity index (χ4n) is 1.59. The maximum atomic E-state index is 11.9. The molecule has 1 unspecified atom stereocenters. The molecule has 0 aliphatic rings. The normalized spacial score (nSPS) is 11.7. The van der Waals surface area contributed by atoms with Crippen LogP contribution in [0.3, 0.4) is 0 Å². The van der Waals surface area contributed by atoms with Crippen molar-refractivity contribution in [2.75, 3.05) is 18.8 Å². The van der Waals surface area contributed by atoms with Crippen LogP contribution in [0.2, 0.25) is 0 Å². The van der Waals surface area contributed by atoms with E-state index in [1.807, 2.05) is 13.8 Å². The van der Waals surface area contributed by atoms with Gasteiger partial charge in [0.05, 0.1) is 11.9 Å². The van der Waals surface area contributed by atoms with Crippen LogP contribution in [0.25, 0.3) is 0 Å². The number of hydrogen-bond donors (Lipinski definition) is 1. The molecule has 19 heavy (non-hydrogen) atoms. The van der Waals surface area contributed by atoms with Gasteiger partial charge in [0.25, 0.3) is 5.91 Å². The highest BCUT2D eigenvalue weighted by molar-refractivity contribution is 5.90. The summed E-state index contributed by atoms with van der Waals surface area (Å²) in [5, 5.41) is 0. The number of carbonyl (C=O) groups excluding carboxylic acids is 2. The van der Waals surface area contributed by atoms with E-state index < -0.39 is 12.1 Å². The number of amides is 1. The van der Waals surface area contributed by atoms with Crippen molar-refractivity contribution in [1.29, 1.82) is 0 Å². The Morgan fingerprint density at radius 3 is 2.47 bits per heavy atom. The van der Waals surface area contributed by atoms with E-state index in [0.717, 1.165) is 0 Å². The van der Waals surface area contributed by atoms with Gasteiger partial charge in [-0.1, -0.05) is 0 Å². The summed E-state index contributed by atoms with van der Waals surface area (Å²) in [6, 6.07) is 3.02. The number of hydrogen-bond acceptors (Lipinski definition) is 5. The van der Waals surface area contributed by atoms with Crippen LogP contribution in [-0.2, 0) is 9.53 Å². The summed E-state index contributed by atoms with van der Waals surface area (Å²) in [5.41, 5.74) is 6.07. The average molecular weight is 265 g/mol. The molecule has 0 saturated heterocycles. The Bertz CT molecular complexity index is 441. The molecule has 1 aromatic heterocycles. The van der Waals surface area contributed by atoms with Crippen LogP contribution >= 0.6 is 0 Å². The maximum Gasteiger partial charge on any atom is 0.357 e. The summed E-state index contributed by atoms with van der Waals surface area (Å²) >= 11 is 0. The minimum absolute atomic E-state index is 0.133. The van der Waals surface area contributed by atoms with Crippen LogP contribution in [0.1, 0.15) is 31.3 Å². The van der Waals surface area contributed by atoms with Crippen LogP contribution in [0.5, 0.6) is 0 Å². The molecule has 0 saturated carbocycles. The summed E-state index contributed by atoms with van der Waals surface area (Å²) in [6.07, 6.45) is 0.541. The van der Waals surface area contributed by atoms with Gasteiger partial charge >= 0.3 is 5.97 Å². The summed E-state index contributed by atoms with van der Waals surface area (Å²) in [6.45, 7) is 6.46. The van der Waals surface area contributed by atoms with Crippen molar-refractivity contribution in [3.63, 3.8) is 0 Å².